The molecule has 0 aliphatic rings. The molecule has 0 heteroatoms. The second kappa shape index (κ2) is 4.10. The average molecular weight is 185 g/mol. The highest BCUT2D eigenvalue weighted by Gasteiger charge is 1.94. The SMILES string of the molecule is [2H]C([2H])([2H])c1ccc(Cc2ccccc2)cc1. The van der Waals surface area contributed by atoms with Crippen molar-refractivity contribution in [1.29, 1.82) is 0 Å². The Kier molecular flexibility index (Phi) is 1.76. The van der Waals surface area contributed by atoms with E-state index in [1.54, 1.807) is 12.1 Å². The zero-order valence-electron chi connectivity index (χ0n) is 10.9. The number of benzene rings is 2. The molecule has 0 nitrogen and oxygen atoms in total. The van der Waals surface area contributed by atoms with Gasteiger partial charge in [-0.1, -0.05) is 60.2 Å². The van der Waals surface area contributed by atoms with Crippen LogP contribution in [0, 0.1) is 6.85 Å². The molecule has 2 aromatic rings. The Balaban J connectivity index is 2.14. The minimum absolute atomic E-state index is 0.398. The molecule has 0 spiro atoms. The summed E-state index contributed by atoms with van der Waals surface area (Å²) in [6.45, 7) is -2.01. The van der Waals surface area contributed by atoms with Crippen molar-refractivity contribution in [3.63, 3.8) is 0 Å². The van der Waals surface area contributed by atoms with Gasteiger partial charge in [0.25, 0.3) is 0 Å². The molecule has 0 N–H and O–H groups in total. The first-order chi connectivity index (χ1) is 8.05. The molecule has 0 aliphatic carbocycles. The number of hydrogen-bond donors (Lipinski definition) is 0. The molecule has 14 heavy (non-hydrogen) atoms. The van der Waals surface area contributed by atoms with Crippen molar-refractivity contribution in [2.45, 2.75) is 13.3 Å². The molecule has 0 saturated carbocycles. The standard InChI is InChI=1S/C14H14/c1-12-7-9-14(10-8-12)11-13-5-3-2-4-6-13/h2-10H,11H2,1H3/i1D3. The van der Waals surface area contributed by atoms with Crippen molar-refractivity contribution in [2.75, 3.05) is 0 Å². The van der Waals surface area contributed by atoms with E-state index in [0.717, 1.165) is 12.0 Å². The van der Waals surface area contributed by atoms with Gasteiger partial charge in [-0.15, -0.1) is 0 Å². The second-order valence-electron chi connectivity index (χ2n) is 3.36. The molecule has 0 radical (unpaired) electrons. The van der Waals surface area contributed by atoms with Crippen LogP contribution < -0.4 is 0 Å². The summed E-state index contributed by atoms with van der Waals surface area (Å²) in [6.07, 6.45) is 0.835. The van der Waals surface area contributed by atoms with E-state index in [4.69, 9.17) is 4.11 Å². The van der Waals surface area contributed by atoms with Crippen LogP contribution in [0.1, 0.15) is 20.8 Å². The summed E-state index contributed by atoms with van der Waals surface area (Å²) in [5, 5.41) is 0. The van der Waals surface area contributed by atoms with Crippen LogP contribution in [0.3, 0.4) is 0 Å². The molecule has 0 saturated heterocycles. The van der Waals surface area contributed by atoms with Gasteiger partial charge in [-0.3, -0.25) is 0 Å². The van der Waals surface area contributed by atoms with Gasteiger partial charge in [-0.05, 0) is 24.4 Å². The van der Waals surface area contributed by atoms with Crippen molar-refractivity contribution in [2.24, 2.45) is 0 Å². The van der Waals surface area contributed by atoms with Gasteiger partial charge in [-0.25, -0.2) is 0 Å². The number of hydrogen-bond acceptors (Lipinski definition) is 0. The van der Waals surface area contributed by atoms with E-state index in [1.807, 2.05) is 30.3 Å². The summed E-state index contributed by atoms with van der Waals surface area (Å²) >= 11 is 0. The normalized spacial score (nSPS) is 14.1. The van der Waals surface area contributed by atoms with E-state index in [0.29, 0.717) is 5.56 Å². The summed E-state index contributed by atoms with van der Waals surface area (Å²) < 4.78 is 21.9. The summed E-state index contributed by atoms with van der Waals surface area (Å²) in [5.74, 6) is 0. The van der Waals surface area contributed by atoms with Gasteiger partial charge in [0.15, 0.2) is 0 Å². The molecule has 0 aromatic heterocycles. The third-order valence-corrected chi connectivity index (χ3v) is 2.21. The van der Waals surface area contributed by atoms with Crippen molar-refractivity contribution in [3.8, 4) is 0 Å². The first-order valence-corrected chi connectivity index (χ1v) is 4.69. The molecular weight excluding hydrogens is 168 g/mol. The van der Waals surface area contributed by atoms with Gasteiger partial charge in [0, 0.05) is 4.11 Å². The van der Waals surface area contributed by atoms with Crippen molar-refractivity contribution in [1.82, 2.24) is 0 Å². The molecule has 0 unspecified atom stereocenters. The molecule has 70 valence electrons. The van der Waals surface area contributed by atoms with Crippen molar-refractivity contribution < 1.29 is 4.11 Å². The number of rotatable bonds is 2. The van der Waals surface area contributed by atoms with Gasteiger partial charge >= 0.3 is 0 Å². The smallest absolute Gasteiger partial charge is 0.0280 e. The lowest BCUT2D eigenvalue weighted by atomic mass is 10.0. The minimum atomic E-state index is -2.01. The van der Waals surface area contributed by atoms with E-state index < -0.39 is 6.85 Å². The summed E-state index contributed by atoms with van der Waals surface area (Å²) in [4.78, 5) is 0. The van der Waals surface area contributed by atoms with Crippen LogP contribution in [0.4, 0.5) is 0 Å². The molecule has 0 aliphatic heterocycles. The highest BCUT2D eigenvalue weighted by Crippen LogP contribution is 2.09. The molecule has 0 heterocycles. The Labute approximate surface area is 89.4 Å². The van der Waals surface area contributed by atoms with Crippen LogP contribution in [0.5, 0.6) is 0 Å². The predicted octanol–water partition coefficient (Wildman–Crippen LogP) is 3.59. The monoisotopic (exact) mass is 185 g/mol. The Bertz CT molecular complexity index is 469. The second-order valence-corrected chi connectivity index (χ2v) is 3.36. The maximum atomic E-state index is 7.30. The molecule has 0 bridgehead atoms. The van der Waals surface area contributed by atoms with Crippen molar-refractivity contribution in [3.05, 3.63) is 71.3 Å². The largest absolute Gasteiger partial charge is 0.0622 e. The van der Waals surface area contributed by atoms with Gasteiger partial charge in [0.2, 0.25) is 0 Å². The van der Waals surface area contributed by atoms with E-state index in [1.165, 1.54) is 5.56 Å². The summed E-state index contributed by atoms with van der Waals surface area (Å²) in [6, 6.07) is 17.3. The van der Waals surface area contributed by atoms with Crippen LogP contribution in [0.2, 0.25) is 0 Å². The maximum Gasteiger partial charge on any atom is 0.0280 e. The highest BCUT2D eigenvalue weighted by molar-refractivity contribution is 5.27. The molecule has 0 fully saturated rings. The Morgan fingerprint density at radius 1 is 0.857 bits per heavy atom. The zero-order valence-corrected chi connectivity index (χ0v) is 7.90. The lowest BCUT2D eigenvalue weighted by molar-refractivity contribution is 1.19. The topological polar surface area (TPSA) is 0 Å². The fraction of sp³-hybridized carbons (Fsp3) is 0.143. The van der Waals surface area contributed by atoms with Gasteiger partial charge in [-0.2, -0.15) is 0 Å². The lowest BCUT2D eigenvalue weighted by Crippen LogP contribution is -1.86. The van der Waals surface area contributed by atoms with E-state index in [-0.39, 0.29) is 0 Å². The van der Waals surface area contributed by atoms with Gasteiger partial charge in [0.05, 0.1) is 0 Å². The van der Waals surface area contributed by atoms with Crippen LogP contribution in [-0.2, 0) is 6.42 Å². The predicted molar refractivity (Wildman–Crippen MR) is 60.4 cm³/mol. The summed E-state index contributed by atoms with van der Waals surface area (Å²) in [5.41, 5.74) is 2.76. The fourth-order valence-electron chi connectivity index (χ4n) is 1.45. The van der Waals surface area contributed by atoms with E-state index >= 15 is 0 Å². The Morgan fingerprint density at radius 2 is 1.50 bits per heavy atom. The first-order valence-electron chi connectivity index (χ1n) is 6.19. The molecular formula is C14H14. The van der Waals surface area contributed by atoms with Gasteiger partial charge in [0.1, 0.15) is 0 Å². The quantitative estimate of drug-likeness (QED) is 0.670. The van der Waals surface area contributed by atoms with Crippen LogP contribution >= 0.6 is 0 Å². The molecule has 0 amide bonds. The molecule has 2 rings (SSSR count). The third kappa shape index (κ3) is 2.23. The lowest BCUT2D eigenvalue weighted by Gasteiger charge is -2.01. The first kappa shape index (κ1) is 6.02. The highest BCUT2D eigenvalue weighted by atomic mass is 14.0. The molecule has 2 aromatic carbocycles. The Morgan fingerprint density at radius 3 is 2.14 bits per heavy atom. The van der Waals surface area contributed by atoms with Crippen LogP contribution in [-0.4, -0.2) is 0 Å². The average Bonchev–Trinajstić information content (AvgIpc) is 2.30. The minimum Gasteiger partial charge on any atom is -0.0622 e. The van der Waals surface area contributed by atoms with Crippen molar-refractivity contribution >= 4 is 0 Å². The zero-order chi connectivity index (χ0) is 12.3. The van der Waals surface area contributed by atoms with Crippen LogP contribution in [0.15, 0.2) is 54.6 Å². The fourth-order valence-corrected chi connectivity index (χ4v) is 1.45. The van der Waals surface area contributed by atoms with Gasteiger partial charge < -0.3 is 0 Å². The number of aryl methyl sites for hydroxylation is 1. The van der Waals surface area contributed by atoms with Crippen LogP contribution in [0.25, 0.3) is 0 Å². The third-order valence-electron chi connectivity index (χ3n) is 2.21. The van der Waals surface area contributed by atoms with E-state index in [2.05, 4.69) is 12.1 Å². The maximum absolute atomic E-state index is 7.30. The molecule has 0 atom stereocenters. The summed E-state index contributed by atoms with van der Waals surface area (Å²) in [7, 11) is 0. The Hall–Kier alpha value is -1.56. The van der Waals surface area contributed by atoms with E-state index in [9.17, 15) is 0 Å².